The molecule has 6 nitrogen and oxygen atoms in total. The second-order valence-corrected chi connectivity index (χ2v) is 7.97. The Morgan fingerprint density at radius 2 is 2.13 bits per heavy atom. The highest BCUT2D eigenvalue weighted by Gasteiger charge is 2.30. The first kappa shape index (κ1) is 16.8. The third-order valence-electron chi connectivity index (χ3n) is 4.95. The van der Waals surface area contributed by atoms with Crippen molar-refractivity contribution < 1.29 is 4.79 Å². The van der Waals surface area contributed by atoms with Crippen LogP contribution in [0.4, 0.5) is 0 Å². The van der Waals surface area contributed by atoms with E-state index in [0.717, 1.165) is 43.8 Å². The number of hydrogen-bond acceptors (Lipinski definition) is 5. The molecule has 1 saturated heterocycles. The van der Waals surface area contributed by atoms with Gasteiger partial charge < -0.3 is 10.6 Å². The molecule has 2 heterocycles. The summed E-state index contributed by atoms with van der Waals surface area (Å²) in [6, 6.07) is 0.635. The molecule has 1 saturated carbocycles. The standard InChI is InChI=1S/C16H27N5OS/c1-3-23-14-6-4-5-13(14)18-16(22)15-11(2)21(20-19-15)12-7-9-17-10-8-12/h12-14,17H,3-10H2,1-2H3,(H,18,22). The van der Waals surface area contributed by atoms with E-state index < -0.39 is 0 Å². The number of carbonyl (C=O) groups excluding carboxylic acids is 1. The lowest BCUT2D eigenvalue weighted by atomic mass is 10.1. The number of amides is 1. The first-order chi connectivity index (χ1) is 11.2. The van der Waals surface area contributed by atoms with Crippen LogP contribution in [0.5, 0.6) is 0 Å². The Kier molecular flexibility index (Phi) is 5.58. The summed E-state index contributed by atoms with van der Waals surface area (Å²) in [6.07, 6.45) is 5.56. The van der Waals surface area contributed by atoms with Crippen LogP contribution < -0.4 is 10.6 Å². The van der Waals surface area contributed by atoms with Gasteiger partial charge in [-0.05, 0) is 51.4 Å². The fourth-order valence-corrected chi connectivity index (χ4v) is 4.89. The Labute approximate surface area is 142 Å². The quantitative estimate of drug-likeness (QED) is 0.859. The molecule has 2 N–H and O–H groups in total. The maximum absolute atomic E-state index is 12.6. The summed E-state index contributed by atoms with van der Waals surface area (Å²) in [6.45, 7) is 6.15. The van der Waals surface area contributed by atoms with E-state index in [-0.39, 0.29) is 11.9 Å². The molecule has 23 heavy (non-hydrogen) atoms. The van der Waals surface area contributed by atoms with Crippen molar-refractivity contribution in [3.05, 3.63) is 11.4 Å². The number of thioether (sulfide) groups is 1. The van der Waals surface area contributed by atoms with Crippen molar-refractivity contribution in [3.8, 4) is 0 Å². The lowest BCUT2D eigenvalue weighted by Crippen LogP contribution is -2.39. The van der Waals surface area contributed by atoms with E-state index in [0.29, 0.717) is 17.0 Å². The smallest absolute Gasteiger partial charge is 0.274 e. The summed E-state index contributed by atoms with van der Waals surface area (Å²) >= 11 is 1.95. The third-order valence-corrected chi connectivity index (χ3v) is 6.27. The van der Waals surface area contributed by atoms with Crippen molar-refractivity contribution in [2.24, 2.45) is 0 Å². The SMILES string of the molecule is CCSC1CCCC1NC(=O)c1nnn(C2CCNCC2)c1C. The number of nitrogens with one attached hydrogen (secondary N) is 2. The number of aromatic nitrogens is 3. The van der Waals surface area contributed by atoms with Gasteiger partial charge in [0.2, 0.25) is 0 Å². The molecule has 1 aromatic rings. The second kappa shape index (κ2) is 7.66. The molecule has 1 aliphatic heterocycles. The summed E-state index contributed by atoms with van der Waals surface area (Å²) in [5.74, 6) is 1.04. The fraction of sp³-hybridized carbons (Fsp3) is 0.812. The molecule has 1 amide bonds. The zero-order chi connectivity index (χ0) is 16.2. The van der Waals surface area contributed by atoms with E-state index in [2.05, 4.69) is 27.9 Å². The van der Waals surface area contributed by atoms with Gasteiger partial charge in [-0.3, -0.25) is 4.79 Å². The molecule has 0 bridgehead atoms. The molecule has 2 aliphatic rings. The van der Waals surface area contributed by atoms with Gasteiger partial charge in [0.25, 0.3) is 5.91 Å². The molecular formula is C16H27N5OS. The van der Waals surface area contributed by atoms with Crippen LogP contribution in [0.3, 0.4) is 0 Å². The molecule has 3 rings (SSSR count). The van der Waals surface area contributed by atoms with Crippen LogP contribution in [0.1, 0.15) is 61.3 Å². The average molecular weight is 337 g/mol. The maximum Gasteiger partial charge on any atom is 0.274 e. The molecule has 128 valence electrons. The van der Waals surface area contributed by atoms with Crippen LogP contribution in [0.25, 0.3) is 0 Å². The minimum Gasteiger partial charge on any atom is -0.347 e. The van der Waals surface area contributed by atoms with Gasteiger partial charge in [0, 0.05) is 11.3 Å². The summed E-state index contributed by atoms with van der Waals surface area (Å²) in [5, 5.41) is 15.5. The molecule has 1 aliphatic carbocycles. The van der Waals surface area contributed by atoms with Crippen LogP contribution in [-0.2, 0) is 0 Å². The number of nitrogens with zero attached hydrogens (tertiary/aromatic N) is 3. The molecule has 0 aromatic carbocycles. The molecule has 7 heteroatoms. The van der Waals surface area contributed by atoms with E-state index in [9.17, 15) is 4.79 Å². The van der Waals surface area contributed by atoms with Crippen LogP contribution in [0.15, 0.2) is 0 Å². The van der Waals surface area contributed by atoms with E-state index in [1.54, 1.807) is 0 Å². The highest BCUT2D eigenvalue weighted by Crippen LogP contribution is 2.30. The van der Waals surface area contributed by atoms with Crippen molar-refractivity contribution in [3.63, 3.8) is 0 Å². The topological polar surface area (TPSA) is 71.8 Å². The van der Waals surface area contributed by atoms with Crippen molar-refractivity contribution in [1.82, 2.24) is 25.6 Å². The summed E-state index contributed by atoms with van der Waals surface area (Å²) < 4.78 is 1.95. The average Bonchev–Trinajstić information content (AvgIpc) is 3.15. The maximum atomic E-state index is 12.6. The van der Waals surface area contributed by atoms with Gasteiger partial charge in [0.1, 0.15) is 0 Å². The van der Waals surface area contributed by atoms with Gasteiger partial charge in [-0.1, -0.05) is 18.6 Å². The summed E-state index contributed by atoms with van der Waals surface area (Å²) in [7, 11) is 0. The third kappa shape index (κ3) is 3.71. The normalized spacial score (nSPS) is 25.7. The summed E-state index contributed by atoms with van der Waals surface area (Å²) in [5.41, 5.74) is 1.39. The summed E-state index contributed by atoms with van der Waals surface area (Å²) in [4.78, 5) is 12.6. The van der Waals surface area contributed by atoms with E-state index in [4.69, 9.17) is 0 Å². The fourth-order valence-electron chi connectivity index (χ4n) is 3.69. The van der Waals surface area contributed by atoms with Crippen molar-refractivity contribution in [2.45, 2.75) is 63.3 Å². The van der Waals surface area contributed by atoms with E-state index >= 15 is 0 Å². The largest absolute Gasteiger partial charge is 0.347 e. The minimum absolute atomic E-state index is 0.0590. The lowest BCUT2D eigenvalue weighted by molar-refractivity contribution is 0.0933. The Balaban J connectivity index is 1.66. The predicted octanol–water partition coefficient (Wildman–Crippen LogP) is 1.92. The van der Waals surface area contributed by atoms with Gasteiger partial charge in [-0.15, -0.1) is 5.10 Å². The number of piperidine rings is 1. The van der Waals surface area contributed by atoms with Crippen LogP contribution in [0.2, 0.25) is 0 Å². The molecule has 1 aromatic heterocycles. The van der Waals surface area contributed by atoms with E-state index in [1.807, 2.05) is 23.4 Å². The first-order valence-electron chi connectivity index (χ1n) is 8.75. The molecule has 0 radical (unpaired) electrons. The van der Waals surface area contributed by atoms with Gasteiger partial charge in [-0.25, -0.2) is 4.68 Å². The Morgan fingerprint density at radius 3 is 2.87 bits per heavy atom. The Morgan fingerprint density at radius 1 is 1.35 bits per heavy atom. The Hall–Kier alpha value is -1.08. The molecule has 2 fully saturated rings. The van der Waals surface area contributed by atoms with Crippen molar-refractivity contribution >= 4 is 17.7 Å². The highest BCUT2D eigenvalue weighted by molar-refractivity contribution is 7.99. The molecule has 2 unspecified atom stereocenters. The van der Waals surface area contributed by atoms with Gasteiger partial charge in [-0.2, -0.15) is 11.8 Å². The van der Waals surface area contributed by atoms with Gasteiger partial charge >= 0.3 is 0 Å². The van der Waals surface area contributed by atoms with Crippen LogP contribution in [0, 0.1) is 6.92 Å². The number of hydrogen-bond donors (Lipinski definition) is 2. The zero-order valence-electron chi connectivity index (χ0n) is 14.0. The molecule has 0 spiro atoms. The second-order valence-electron chi connectivity index (χ2n) is 6.45. The number of carbonyl (C=O) groups is 1. The monoisotopic (exact) mass is 337 g/mol. The van der Waals surface area contributed by atoms with Crippen LogP contribution in [-0.4, -0.2) is 51.0 Å². The van der Waals surface area contributed by atoms with Crippen molar-refractivity contribution in [2.75, 3.05) is 18.8 Å². The molecular weight excluding hydrogens is 310 g/mol. The van der Waals surface area contributed by atoms with Gasteiger partial charge in [0.05, 0.1) is 11.7 Å². The van der Waals surface area contributed by atoms with Crippen LogP contribution >= 0.6 is 11.8 Å². The zero-order valence-corrected chi connectivity index (χ0v) is 14.9. The first-order valence-corrected chi connectivity index (χ1v) is 9.80. The highest BCUT2D eigenvalue weighted by atomic mass is 32.2. The molecule has 2 atom stereocenters. The predicted molar refractivity (Wildman–Crippen MR) is 92.9 cm³/mol. The van der Waals surface area contributed by atoms with E-state index in [1.165, 1.54) is 12.8 Å². The Bertz CT molecular complexity index is 541. The lowest BCUT2D eigenvalue weighted by Gasteiger charge is -2.23. The van der Waals surface area contributed by atoms with Gasteiger partial charge in [0.15, 0.2) is 5.69 Å². The minimum atomic E-state index is -0.0590. The van der Waals surface area contributed by atoms with Crippen molar-refractivity contribution in [1.29, 1.82) is 0 Å². The number of rotatable bonds is 5.